The summed E-state index contributed by atoms with van der Waals surface area (Å²) in [6.07, 6.45) is 0. The summed E-state index contributed by atoms with van der Waals surface area (Å²) >= 11 is 0. The molecule has 0 aliphatic rings. The van der Waals surface area contributed by atoms with E-state index in [1.54, 1.807) is 4.98 Å². The van der Waals surface area contributed by atoms with Crippen molar-refractivity contribution in [1.29, 1.82) is 0 Å². The zero-order valence-electron chi connectivity index (χ0n) is 6.03. The summed E-state index contributed by atoms with van der Waals surface area (Å²) in [7, 11) is 0. The lowest BCUT2D eigenvalue weighted by molar-refractivity contribution is -0.385. The molecule has 0 bridgehead atoms. The Morgan fingerprint density at radius 2 is 2.00 bits per heavy atom. The molecule has 13 heavy (non-hydrogen) atoms. The third kappa shape index (κ3) is 1.43. The van der Waals surface area contributed by atoms with E-state index >= 15 is 0 Å². The zero-order chi connectivity index (χ0) is 10.0. The first kappa shape index (κ1) is 8.66. The number of aromatic amines is 2. The molecule has 66 valence electrons. The van der Waals surface area contributed by atoms with Crippen molar-refractivity contribution < 1.29 is 4.92 Å². The lowest BCUT2D eigenvalue weighted by atomic mass is 10.5. The van der Waals surface area contributed by atoms with Gasteiger partial charge in [0.25, 0.3) is 0 Å². The van der Waals surface area contributed by atoms with Crippen LogP contribution in [0.1, 0.15) is 0 Å². The summed E-state index contributed by atoms with van der Waals surface area (Å²) in [5.74, 6) is -0.668. The van der Waals surface area contributed by atoms with Crippen LogP contribution in [0, 0.1) is 16.7 Å². The highest BCUT2D eigenvalue weighted by molar-refractivity contribution is 5.54. The maximum absolute atomic E-state index is 10.8. The van der Waals surface area contributed by atoms with Gasteiger partial charge >= 0.3 is 22.8 Å². The lowest BCUT2D eigenvalue weighted by Crippen LogP contribution is -2.23. The molecule has 0 saturated heterocycles. The Hall–Kier alpha value is -2.43. The van der Waals surface area contributed by atoms with Crippen LogP contribution in [-0.4, -0.2) is 14.9 Å². The molecule has 1 aromatic rings. The molecule has 1 rings (SSSR count). The van der Waals surface area contributed by atoms with Gasteiger partial charge in [0.15, 0.2) is 0 Å². The molecule has 0 aliphatic heterocycles. The highest BCUT2D eigenvalue weighted by Crippen LogP contribution is 2.16. The fourth-order valence-electron chi connectivity index (χ4n) is 0.718. The van der Waals surface area contributed by atoms with Crippen LogP contribution in [0.5, 0.6) is 0 Å². The standard InChI is InChI=1S/C5H2N4O4/c1-6-3-2(9(12)13)4(10)8-5(11)7-3/h(H2,7,8,10,11). The normalized spacial score (nSPS) is 9.15. The molecule has 0 saturated carbocycles. The molecule has 8 nitrogen and oxygen atoms in total. The minimum absolute atomic E-state index is 0.668. The first-order chi connectivity index (χ1) is 6.06. The second kappa shape index (κ2) is 2.90. The molecule has 0 fully saturated rings. The van der Waals surface area contributed by atoms with Crippen molar-refractivity contribution in [2.45, 2.75) is 0 Å². The number of nitrogens with one attached hydrogen (secondary N) is 2. The van der Waals surface area contributed by atoms with Crippen molar-refractivity contribution in [2.24, 2.45) is 0 Å². The Labute approximate surface area is 69.8 Å². The van der Waals surface area contributed by atoms with E-state index in [1.165, 1.54) is 0 Å². The van der Waals surface area contributed by atoms with E-state index in [4.69, 9.17) is 6.57 Å². The van der Waals surface area contributed by atoms with Gasteiger partial charge < -0.3 is 4.85 Å². The largest absolute Gasteiger partial charge is 0.398 e. The van der Waals surface area contributed by atoms with Crippen LogP contribution < -0.4 is 11.2 Å². The van der Waals surface area contributed by atoms with Crippen LogP contribution in [0.25, 0.3) is 4.85 Å². The molecule has 0 spiro atoms. The summed E-state index contributed by atoms with van der Waals surface area (Å²) in [6, 6.07) is 0. The van der Waals surface area contributed by atoms with Gasteiger partial charge in [0.2, 0.25) is 0 Å². The Morgan fingerprint density at radius 1 is 1.38 bits per heavy atom. The average molecular weight is 182 g/mol. The van der Waals surface area contributed by atoms with Gasteiger partial charge in [-0.05, 0) is 0 Å². The maximum Gasteiger partial charge on any atom is 0.398 e. The minimum atomic E-state index is -1.18. The predicted molar refractivity (Wildman–Crippen MR) is 40.6 cm³/mol. The van der Waals surface area contributed by atoms with Gasteiger partial charge in [-0.3, -0.25) is 19.9 Å². The first-order valence-electron chi connectivity index (χ1n) is 2.94. The minimum Gasteiger partial charge on any atom is -0.358 e. The van der Waals surface area contributed by atoms with Gasteiger partial charge in [-0.1, -0.05) is 6.57 Å². The smallest absolute Gasteiger partial charge is 0.358 e. The average Bonchev–Trinajstić information content (AvgIpc) is 2.01. The second-order valence-corrected chi connectivity index (χ2v) is 1.97. The topological polar surface area (TPSA) is 113 Å². The number of aromatic nitrogens is 2. The molecular formula is C5H2N4O4. The van der Waals surface area contributed by atoms with Gasteiger partial charge in [0.1, 0.15) is 0 Å². The van der Waals surface area contributed by atoms with E-state index < -0.39 is 27.7 Å². The molecule has 0 aliphatic carbocycles. The quantitative estimate of drug-likeness (QED) is 0.347. The fraction of sp³-hybridized carbons (Fsp3) is 0. The highest BCUT2D eigenvalue weighted by Gasteiger charge is 2.20. The van der Waals surface area contributed by atoms with Gasteiger partial charge in [-0.2, -0.15) is 0 Å². The number of nitro groups is 1. The van der Waals surface area contributed by atoms with Crippen molar-refractivity contribution in [3.63, 3.8) is 0 Å². The van der Waals surface area contributed by atoms with E-state index in [9.17, 15) is 19.7 Å². The summed E-state index contributed by atoms with van der Waals surface area (Å²) in [5, 5.41) is 10.2. The Morgan fingerprint density at radius 3 is 2.46 bits per heavy atom. The molecule has 2 N–H and O–H groups in total. The van der Waals surface area contributed by atoms with Crippen LogP contribution in [0.2, 0.25) is 0 Å². The van der Waals surface area contributed by atoms with E-state index in [1.807, 2.05) is 4.98 Å². The second-order valence-electron chi connectivity index (χ2n) is 1.97. The molecular weight excluding hydrogens is 180 g/mol. The SMILES string of the molecule is [C-]#[N+]c1[nH]c(=O)[nH]c(=O)c1[N+](=O)[O-]. The molecule has 0 amide bonds. The van der Waals surface area contributed by atoms with E-state index in [-0.39, 0.29) is 0 Å². The number of hydrogen-bond donors (Lipinski definition) is 2. The van der Waals surface area contributed by atoms with E-state index in [0.717, 1.165) is 0 Å². The van der Waals surface area contributed by atoms with Crippen molar-refractivity contribution in [3.8, 4) is 0 Å². The van der Waals surface area contributed by atoms with Crippen LogP contribution in [0.3, 0.4) is 0 Å². The summed E-state index contributed by atoms with van der Waals surface area (Å²) in [4.78, 5) is 36.7. The zero-order valence-corrected chi connectivity index (χ0v) is 6.03. The van der Waals surface area contributed by atoms with E-state index in [2.05, 4.69) is 4.85 Å². The van der Waals surface area contributed by atoms with Crippen molar-refractivity contribution in [3.05, 3.63) is 42.4 Å². The molecule has 1 heterocycles. The van der Waals surface area contributed by atoms with Crippen molar-refractivity contribution in [1.82, 2.24) is 9.97 Å². The third-order valence-corrected chi connectivity index (χ3v) is 1.19. The van der Waals surface area contributed by atoms with Gasteiger partial charge in [0, 0.05) is 0 Å². The highest BCUT2D eigenvalue weighted by atomic mass is 16.6. The molecule has 0 aromatic carbocycles. The molecule has 1 aromatic heterocycles. The molecule has 0 radical (unpaired) electrons. The molecule has 8 heteroatoms. The Bertz CT molecular complexity index is 504. The predicted octanol–water partition coefficient (Wildman–Crippen LogP) is -0.478. The maximum atomic E-state index is 10.8. The van der Waals surface area contributed by atoms with Crippen molar-refractivity contribution >= 4 is 11.5 Å². The fourth-order valence-corrected chi connectivity index (χ4v) is 0.718. The number of H-pyrrole nitrogens is 2. The van der Waals surface area contributed by atoms with Crippen LogP contribution in [-0.2, 0) is 0 Å². The first-order valence-corrected chi connectivity index (χ1v) is 2.94. The Kier molecular flexibility index (Phi) is 1.93. The number of rotatable bonds is 1. The lowest BCUT2D eigenvalue weighted by Gasteiger charge is -1.91. The summed E-state index contributed by atoms with van der Waals surface area (Å²) in [5.41, 5.74) is -3.07. The number of nitrogens with zero attached hydrogens (tertiary/aromatic N) is 2. The molecule has 0 unspecified atom stereocenters. The summed E-state index contributed by atoms with van der Waals surface area (Å²) < 4.78 is 0. The van der Waals surface area contributed by atoms with Crippen molar-refractivity contribution in [2.75, 3.05) is 0 Å². The number of hydrogen-bond acceptors (Lipinski definition) is 4. The van der Waals surface area contributed by atoms with Gasteiger partial charge in [-0.15, -0.1) is 0 Å². The summed E-state index contributed by atoms with van der Waals surface area (Å²) in [6.45, 7) is 6.47. The van der Waals surface area contributed by atoms with Crippen LogP contribution in [0.4, 0.5) is 11.5 Å². The van der Waals surface area contributed by atoms with Crippen LogP contribution >= 0.6 is 0 Å². The monoisotopic (exact) mass is 182 g/mol. The van der Waals surface area contributed by atoms with E-state index in [0.29, 0.717) is 0 Å². The van der Waals surface area contributed by atoms with Crippen LogP contribution in [0.15, 0.2) is 9.59 Å². The van der Waals surface area contributed by atoms with Gasteiger partial charge in [0.05, 0.1) is 4.92 Å². The molecule has 0 atom stereocenters. The van der Waals surface area contributed by atoms with Gasteiger partial charge in [-0.25, -0.2) is 9.78 Å². The Balaban J connectivity index is 3.70. The third-order valence-electron chi connectivity index (χ3n) is 1.19.